The largest absolute Gasteiger partial charge is 0.370 e. The number of hydrogen-bond donors (Lipinski definition) is 1. The van der Waals surface area contributed by atoms with Crippen molar-refractivity contribution in [1.82, 2.24) is 4.98 Å². The summed E-state index contributed by atoms with van der Waals surface area (Å²) in [6, 6.07) is 4.14. The third kappa shape index (κ3) is 1.83. The third-order valence-corrected chi connectivity index (χ3v) is 2.38. The molecule has 0 fully saturated rings. The Morgan fingerprint density at radius 2 is 2.00 bits per heavy atom. The minimum Gasteiger partial charge on any atom is -0.370 e. The van der Waals surface area contributed by atoms with Gasteiger partial charge in [-0.3, -0.25) is 0 Å². The van der Waals surface area contributed by atoms with E-state index in [1.54, 1.807) is 6.07 Å². The number of anilines is 1. The zero-order valence-electron chi connectivity index (χ0n) is 8.93. The summed E-state index contributed by atoms with van der Waals surface area (Å²) in [4.78, 5) is 4.11. The number of aromatic nitrogens is 1. The fourth-order valence-electron chi connectivity index (χ4n) is 1.58. The van der Waals surface area contributed by atoms with Gasteiger partial charge in [-0.1, -0.05) is 6.92 Å². The maximum atomic E-state index is 13.5. The molecule has 0 bridgehead atoms. The maximum absolute atomic E-state index is 13.5. The molecule has 0 saturated carbocycles. The summed E-state index contributed by atoms with van der Waals surface area (Å²) in [6.07, 6.45) is 2.42. The number of rotatable bonds is 3. The van der Waals surface area contributed by atoms with Gasteiger partial charge in [0.05, 0.1) is 0 Å². The van der Waals surface area contributed by atoms with Crippen LogP contribution in [0.4, 0.5) is 14.6 Å². The topological polar surface area (TPSA) is 24.9 Å². The van der Waals surface area contributed by atoms with Gasteiger partial charge in [0.15, 0.2) is 11.6 Å². The zero-order valence-corrected chi connectivity index (χ0v) is 8.93. The lowest BCUT2D eigenvalue weighted by molar-refractivity contribution is 0.517. The first kappa shape index (κ1) is 10.8. The second-order valence-electron chi connectivity index (χ2n) is 3.54. The molecule has 4 heteroatoms. The van der Waals surface area contributed by atoms with Gasteiger partial charge in [0, 0.05) is 23.5 Å². The molecule has 0 aliphatic carbocycles. The van der Waals surface area contributed by atoms with Crippen molar-refractivity contribution in [3.8, 4) is 0 Å². The number of nitrogens with zero attached hydrogens (tertiary/aromatic N) is 1. The molecule has 84 valence electrons. The minimum atomic E-state index is -0.833. The minimum absolute atomic E-state index is 0.258. The fraction of sp³-hybridized carbons (Fsp3) is 0.250. The number of nitrogens with one attached hydrogen (secondary N) is 1. The summed E-state index contributed by atoms with van der Waals surface area (Å²) in [5, 5.41) is 3.95. The van der Waals surface area contributed by atoms with Crippen molar-refractivity contribution in [1.29, 1.82) is 0 Å². The summed E-state index contributed by atoms with van der Waals surface area (Å²) in [7, 11) is 0. The van der Waals surface area contributed by atoms with Crippen molar-refractivity contribution in [2.24, 2.45) is 0 Å². The normalized spacial score (nSPS) is 10.7. The zero-order chi connectivity index (χ0) is 11.5. The predicted molar refractivity (Wildman–Crippen MR) is 60.4 cm³/mol. The Morgan fingerprint density at radius 3 is 2.75 bits per heavy atom. The summed E-state index contributed by atoms with van der Waals surface area (Å²) < 4.78 is 26.5. The highest BCUT2D eigenvalue weighted by Gasteiger charge is 2.09. The summed E-state index contributed by atoms with van der Waals surface area (Å²) in [5.74, 6) is -1.06. The van der Waals surface area contributed by atoms with E-state index in [9.17, 15) is 8.78 Å². The lowest BCUT2D eigenvalue weighted by Gasteiger charge is -2.08. The first-order valence-electron chi connectivity index (χ1n) is 5.20. The van der Waals surface area contributed by atoms with Crippen LogP contribution >= 0.6 is 0 Å². The van der Waals surface area contributed by atoms with Gasteiger partial charge in [0.25, 0.3) is 0 Å². The van der Waals surface area contributed by atoms with E-state index < -0.39 is 11.6 Å². The third-order valence-electron chi connectivity index (χ3n) is 2.38. The molecule has 0 amide bonds. The van der Waals surface area contributed by atoms with E-state index >= 15 is 0 Å². The lowest BCUT2D eigenvalue weighted by Crippen LogP contribution is -2.02. The van der Waals surface area contributed by atoms with Gasteiger partial charge in [0.2, 0.25) is 0 Å². The van der Waals surface area contributed by atoms with Gasteiger partial charge in [-0.25, -0.2) is 13.8 Å². The van der Waals surface area contributed by atoms with Crippen molar-refractivity contribution < 1.29 is 8.78 Å². The van der Waals surface area contributed by atoms with E-state index in [2.05, 4.69) is 10.3 Å². The first-order chi connectivity index (χ1) is 7.74. The molecule has 1 aromatic heterocycles. The molecule has 0 unspecified atom stereocenters. The molecule has 2 aromatic rings. The van der Waals surface area contributed by atoms with Crippen LogP contribution in [-0.4, -0.2) is 11.5 Å². The van der Waals surface area contributed by atoms with E-state index in [4.69, 9.17) is 0 Å². The van der Waals surface area contributed by atoms with Crippen LogP contribution in [0.2, 0.25) is 0 Å². The Balaban J connectivity index is 2.56. The monoisotopic (exact) mass is 222 g/mol. The van der Waals surface area contributed by atoms with Crippen LogP contribution < -0.4 is 5.32 Å². The van der Waals surface area contributed by atoms with Crippen molar-refractivity contribution in [2.45, 2.75) is 13.3 Å². The molecule has 0 atom stereocenters. The lowest BCUT2D eigenvalue weighted by atomic mass is 10.1. The standard InChI is InChI=1S/C12H12F2N2/c1-2-6-15-12-9-3-4-10(13)11(14)8(9)5-7-16-12/h3-5,7H,2,6H2,1H3,(H,15,16). The smallest absolute Gasteiger partial charge is 0.166 e. The van der Waals surface area contributed by atoms with Crippen molar-refractivity contribution >= 4 is 16.6 Å². The fourth-order valence-corrected chi connectivity index (χ4v) is 1.58. The van der Waals surface area contributed by atoms with E-state index in [1.165, 1.54) is 12.3 Å². The first-order valence-corrected chi connectivity index (χ1v) is 5.20. The number of benzene rings is 1. The second-order valence-corrected chi connectivity index (χ2v) is 3.54. The number of halogens is 2. The summed E-state index contributed by atoms with van der Waals surface area (Å²) in [5.41, 5.74) is 0. The average molecular weight is 222 g/mol. The van der Waals surface area contributed by atoms with Crippen LogP contribution in [-0.2, 0) is 0 Å². The molecule has 0 aliphatic heterocycles. The van der Waals surface area contributed by atoms with Gasteiger partial charge in [-0.15, -0.1) is 0 Å². The molecule has 16 heavy (non-hydrogen) atoms. The Bertz CT molecular complexity index is 512. The molecule has 1 heterocycles. The maximum Gasteiger partial charge on any atom is 0.166 e. The van der Waals surface area contributed by atoms with Gasteiger partial charge in [-0.05, 0) is 24.6 Å². The molecule has 1 aromatic carbocycles. The molecule has 1 N–H and O–H groups in total. The van der Waals surface area contributed by atoms with Crippen molar-refractivity contribution in [3.05, 3.63) is 36.0 Å². The van der Waals surface area contributed by atoms with E-state index in [1.807, 2.05) is 6.92 Å². The molecular weight excluding hydrogens is 210 g/mol. The Labute approximate surface area is 92.3 Å². The van der Waals surface area contributed by atoms with Crippen LogP contribution in [0.25, 0.3) is 10.8 Å². The number of fused-ring (bicyclic) bond motifs is 1. The van der Waals surface area contributed by atoms with Crippen LogP contribution in [0.3, 0.4) is 0 Å². The van der Waals surface area contributed by atoms with E-state index in [0.717, 1.165) is 19.0 Å². The molecule has 0 aliphatic rings. The average Bonchev–Trinajstić information content (AvgIpc) is 2.31. The van der Waals surface area contributed by atoms with Gasteiger partial charge in [0.1, 0.15) is 5.82 Å². The molecule has 0 spiro atoms. The van der Waals surface area contributed by atoms with Crippen LogP contribution in [0.15, 0.2) is 24.4 Å². The highest BCUT2D eigenvalue weighted by atomic mass is 19.2. The second kappa shape index (κ2) is 4.43. The molecular formula is C12H12F2N2. The number of hydrogen-bond acceptors (Lipinski definition) is 2. The van der Waals surface area contributed by atoms with Crippen LogP contribution in [0, 0.1) is 11.6 Å². The molecule has 0 saturated heterocycles. The Hall–Kier alpha value is -1.71. The Morgan fingerprint density at radius 1 is 1.19 bits per heavy atom. The van der Waals surface area contributed by atoms with Crippen LogP contribution in [0.1, 0.15) is 13.3 Å². The summed E-state index contributed by atoms with van der Waals surface area (Å²) >= 11 is 0. The van der Waals surface area contributed by atoms with E-state index in [-0.39, 0.29) is 5.39 Å². The van der Waals surface area contributed by atoms with Gasteiger partial charge >= 0.3 is 0 Å². The molecule has 2 nitrogen and oxygen atoms in total. The predicted octanol–water partition coefficient (Wildman–Crippen LogP) is 3.33. The van der Waals surface area contributed by atoms with Crippen LogP contribution in [0.5, 0.6) is 0 Å². The number of pyridine rings is 1. The highest BCUT2D eigenvalue weighted by molar-refractivity contribution is 5.92. The quantitative estimate of drug-likeness (QED) is 0.861. The SMILES string of the molecule is CCCNc1nccc2c(F)c(F)ccc12. The van der Waals surface area contributed by atoms with E-state index in [0.29, 0.717) is 11.2 Å². The molecule has 2 rings (SSSR count). The summed E-state index contributed by atoms with van der Waals surface area (Å²) in [6.45, 7) is 2.78. The van der Waals surface area contributed by atoms with Crippen molar-refractivity contribution in [3.63, 3.8) is 0 Å². The van der Waals surface area contributed by atoms with Crippen molar-refractivity contribution in [2.75, 3.05) is 11.9 Å². The Kier molecular flexibility index (Phi) is 2.99. The van der Waals surface area contributed by atoms with Gasteiger partial charge in [-0.2, -0.15) is 0 Å². The van der Waals surface area contributed by atoms with Gasteiger partial charge < -0.3 is 5.32 Å². The molecule has 0 radical (unpaired) electrons. The highest BCUT2D eigenvalue weighted by Crippen LogP contribution is 2.24.